The van der Waals surface area contributed by atoms with Crippen LogP contribution in [0.25, 0.3) is 5.13 Å². The quantitative estimate of drug-likeness (QED) is 0.919. The highest BCUT2D eigenvalue weighted by molar-refractivity contribution is 7.14. The van der Waals surface area contributed by atoms with Crippen molar-refractivity contribution in [2.24, 2.45) is 5.92 Å². The lowest BCUT2D eigenvalue weighted by Crippen LogP contribution is -2.07. The third-order valence-electron chi connectivity index (χ3n) is 2.79. The Balaban J connectivity index is 2.46. The summed E-state index contributed by atoms with van der Waals surface area (Å²) in [4.78, 5) is 5.68. The third-order valence-corrected chi connectivity index (χ3v) is 3.84. The van der Waals surface area contributed by atoms with E-state index in [1.165, 1.54) is 4.88 Å². The lowest BCUT2D eigenvalue weighted by molar-refractivity contribution is 0.275. The van der Waals surface area contributed by atoms with Crippen molar-refractivity contribution in [3.63, 3.8) is 0 Å². The number of thiazole rings is 1. The van der Waals surface area contributed by atoms with Crippen LogP contribution in [0.5, 0.6) is 0 Å². The molecule has 2 heterocycles. The number of aliphatic hydroxyl groups excluding tert-OH is 1. The molecule has 0 radical (unpaired) electrons. The standard InChI is InChI=1S/C12H18N4OS/c1-7(2)5-11-10(6-17)14-15-16(11)12-13-8(3)9(4)18-12/h7,17H,5-6H2,1-4H3. The summed E-state index contributed by atoms with van der Waals surface area (Å²) < 4.78 is 1.76. The molecule has 0 bridgehead atoms. The number of aryl methyl sites for hydroxylation is 2. The Labute approximate surface area is 110 Å². The molecule has 0 spiro atoms. The number of hydrogen-bond acceptors (Lipinski definition) is 5. The first-order valence-corrected chi connectivity index (χ1v) is 6.83. The molecule has 0 unspecified atom stereocenters. The lowest BCUT2D eigenvalue weighted by Gasteiger charge is -2.07. The molecule has 2 aromatic heterocycles. The van der Waals surface area contributed by atoms with E-state index in [0.717, 1.165) is 22.9 Å². The fourth-order valence-corrected chi connectivity index (χ4v) is 2.63. The van der Waals surface area contributed by atoms with Crippen LogP contribution in [-0.4, -0.2) is 25.1 Å². The van der Waals surface area contributed by atoms with Gasteiger partial charge in [-0.1, -0.05) is 30.4 Å². The second-order valence-electron chi connectivity index (χ2n) is 4.79. The second-order valence-corrected chi connectivity index (χ2v) is 5.97. The van der Waals surface area contributed by atoms with Crippen LogP contribution in [0, 0.1) is 19.8 Å². The average molecular weight is 266 g/mol. The van der Waals surface area contributed by atoms with Crippen molar-refractivity contribution in [3.05, 3.63) is 22.0 Å². The zero-order valence-electron chi connectivity index (χ0n) is 11.1. The van der Waals surface area contributed by atoms with Gasteiger partial charge < -0.3 is 5.11 Å². The Morgan fingerprint density at radius 2 is 2.06 bits per heavy atom. The van der Waals surface area contributed by atoms with E-state index in [1.807, 2.05) is 13.8 Å². The molecular weight excluding hydrogens is 248 g/mol. The van der Waals surface area contributed by atoms with Crippen LogP contribution < -0.4 is 0 Å². The lowest BCUT2D eigenvalue weighted by atomic mass is 10.1. The molecule has 2 rings (SSSR count). The van der Waals surface area contributed by atoms with Crippen molar-refractivity contribution >= 4 is 11.3 Å². The molecule has 0 saturated carbocycles. The summed E-state index contributed by atoms with van der Waals surface area (Å²) in [5, 5.41) is 18.3. The minimum atomic E-state index is -0.0780. The first-order valence-electron chi connectivity index (χ1n) is 6.01. The molecule has 0 aliphatic carbocycles. The maximum atomic E-state index is 9.32. The molecule has 0 aliphatic heterocycles. The van der Waals surface area contributed by atoms with E-state index in [9.17, 15) is 5.11 Å². The van der Waals surface area contributed by atoms with Gasteiger partial charge in [0, 0.05) is 4.88 Å². The number of nitrogens with zero attached hydrogens (tertiary/aromatic N) is 4. The molecule has 0 fully saturated rings. The van der Waals surface area contributed by atoms with Crippen molar-refractivity contribution in [2.45, 2.75) is 40.7 Å². The summed E-state index contributed by atoms with van der Waals surface area (Å²) >= 11 is 1.60. The van der Waals surface area contributed by atoms with Crippen LogP contribution >= 0.6 is 11.3 Å². The summed E-state index contributed by atoms with van der Waals surface area (Å²) in [5.74, 6) is 0.481. The molecule has 5 nitrogen and oxygen atoms in total. The van der Waals surface area contributed by atoms with Gasteiger partial charge in [0.2, 0.25) is 5.13 Å². The Bertz CT molecular complexity index is 525. The van der Waals surface area contributed by atoms with E-state index in [4.69, 9.17) is 0 Å². The highest BCUT2D eigenvalue weighted by Gasteiger charge is 2.17. The van der Waals surface area contributed by atoms with Gasteiger partial charge in [0.15, 0.2) is 0 Å². The third kappa shape index (κ3) is 2.44. The summed E-state index contributed by atoms with van der Waals surface area (Å²) in [7, 11) is 0. The van der Waals surface area contributed by atoms with Gasteiger partial charge in [-0.2, -0.15) is 4.68 Å². The molecule has 0 aromatic carbocycles. The topological polar surface area (TPSA) is 63.8 Å². The maximum Gasteiger partial charge on any atom is 0.212 e. The smallest absolute Gasteiger partial charge is 0.212 e. The van der Waals surface area contributed by atoms with Crippen molar-refractivity contribution in [1.82, 2.24) is 20.0 Å². The highest BCUT2D eigenvalue weighted by atomic mass is 32.1. The fourth-order valence-electron chi connectivity index (χ4n) is 1.75. The first-order chi connectivity index (χ1) is 8.52. The van der Waals surface area contributed by atoms with E-state index in [0.29, 0.717) is 11.6 Å². The van der Waals surface area contributed by atoms with E-state index >= 15 is 0 Å². The highest BCUT2D eigenvalue weighted by Crippen LogP contribution is 2.23. The van der Waals surface area contributed by atoms with Crippen molar-refractivity contribution < 1.29 is 5.11 Å². The van der Waals surface area contributed by atoms with Crippen LogP contribution in [0.2, 0.25) is 0 Å². The van der Waals surface area contributed by atoms with Crippen LogP contribution in [0.15, 0.2) is 0 Å². The van der Waals surface area contributed by atoms with E-state index < -0.39 is 0 Å². The normalized spacial score (nSPS) is 11.4. The van der Waals surface area contributed by atoms with E-state index in [1.54, 1.807) is 16.0 Å². The van der Waals surface area contributed by atoms with Gasteiger partial charge in [-0.25, -0.2) is 4.98 Å². The van der Waals surface area contributed by atoms with Gasteiger partial charge in [0.05, 0.1) is 18.0 Å². The number of hydrogen-bond donors (Lipinski definition) is 1. The minimum absolute atomic E-state index is 0.0780. The molecular formula is C12H18N4OS. The molecule has 2 aromatic rings. The summed E-state index contributed by atoms with van der Waals surface area (Å²) in [6, 6.07) is 0. The summed E-state index contributed by atoms with van der Waals surface area (Å²) in [6.45, 7) is 8.23. The van der Waals surface area contributed by atoms with Crippen LogP contribution in [-0.2, 0) is 13.0 Å². The monoisotopic (exact) mass is 266 g/mol. The number of aromatic nitrogens is 4. The zero-order valence-corrected chi connectivity index (χ0v) is 12.0. The van der Waals surface area contributed by atoms with Gasteiger partial charge in [-0.05, 0) is 26.2 Å². The van der Waals surface area contributed by atoms with Crippen molar-refractivity contribution in [2.75, 3.05) is 0 Å². The fraction of sp³-hybridized carbons (Fsp3) is 0.583. The average Bonchev–Trinajstić information content (AvgIpc) is 2.83. The van der Waals surface area contributed by atoms with Gasteiger partial charge in [-0.3, -0.25) is 0 Å². The Morgan fingerprint density at radius 3 is 2.56 bits per heavy atom. The Kier molecular flexibility index (Phi) is 3.77. The molecule has 98 valence electrons. The largest absolute Gasteiger partial charge is 0.390 e. The van der Waals surface area contributed by atoms with Gasteiger partial charge in [0.25, 0.3) is 0 Å². The van der Waals surface area contributed by atoms with Crippen molar-refractivity contribution in [3.8, 4) is 5.13 Å². The first kappa shape index (κ1) is 13.2. The van der Waals surface area contributed by atoms with E-state index in [-0.39, 0.29) is 6.61 Å². The summed E-state index contributed by atoms with van der Waals surface area (Å²) in [5.41, 5.74) is 2.63. The zero-order chi connectivity index (χ0) is 13.3. The molecule has 1 N–H and O–H groups in total. The van der Waals surface area contributed by atoms with Crippen LogP contribution in [0.4, 0.5) is 0 Å². The number of rotatable bonds is 4. The van der Waals surface area contributed by atoms with Crippen molar-refractivity contribution in [1.29, 1.82) is 0 Å². The Hall–Kier alpha value is -1.27. The molecule has 0 amide bonds. The molecule has 18 heavy (non-hydrogen) atoms. The van der Waals surface area contributed by atoms with Gasteiger partial charge >= 0.3 is 0 Å². The number of aliphatic hydroxyl groups is 1. The Morgan fingerprint density at radius 1 is 1.33 bits per heavy atom. The predicted molar refractivity (Wildman–Crippen MR) is 71.0 cm³/mol. The molecule has 0 saturated heterocycles. The van der Waals surface area contributed by atoms with Gasteiger partial charge in [-0.15, -0.1) is 5.10 Å². The maximum absolute atomic E-state index is 9.32. The summed E-state index contributed by atoms with van der Waals surface area (Å²) in [6.07, 6.45) is 0.834. The predicted octanol–water partition coefficient (Wildman–Crippen LogP) is 2.03. The van der Waals surface area contributed by atoms with Crippen LogP contribution in [0.3, 0.4) is 0 Å². The molecule has 0 atom stereocenters. The second kappa shape index (κ2) is 5.16. The minimum Gasteiger partial charge on any atom is -0.390 e. The van der Waals surface area contributed by atoms with Gasteiger partial charge in [0.1, 0.15) is 5.69 Å². The molecule has 6 heteroatoms. The SMILES string of the molecule is Cc1nc(-n2nnc(CO)c2CC(C)C)sc1C. The van der Waals surface area contributed by atoms with E-state index in [2.05, 4.69) is 29.1 Å². The van der Waals surface area contributed by atoms with Crippen LogP contribution in [0.1, 0.15) is 35.8 Å². The molecule has 0 aliphatic rings.